The number of benzene rings is 3. The Hall–Kier alpha value is -4.31. The number of hydrogen-bond donors (Lipinski definition) is 1. The fourth-order valence-corrected chi connectivity index (χ4v) is 3.91. The van der Waals surface area contributed by atoms with Gasteiger partial charge in [0.2, 0.25) is 0 Å². The lowest BCUT2D eigenvalue weighted by Crippen LogP contribution is -2.37. The van der Waals surface area contributed by atoms with Crippen LogP contribution in [0.25, 0.3) is 0 Å². The molecule has 1 unspecified atom stereocenters. The van der Waals surface area contributed by atoms with E-state index in [0.717, 1.165) is 5.56 Å². The number of para-hydroxylation sites is 2. The van der Waals surface area contributed by atoms with E-state index >= 15 is 0 Å². The van der Waals surface area contributed by atoms with Gasteiger partial charge in [-0.3, -0.25) is 0 Å². The largest absolute Gasteiger partial charge is 0.494 e. The maximum atomic E-state index is 13.1. The van der Waals surface area contributed by atoms with Gasteiger partial charge in [-0.2, -0.15) is 0 Å². The van der Waals surface area contributed by atoms with Crippen LogP contribution in [0.1, 0.15) is 25.3 Å². The van der Waals surface area contributed by atoms with Gasteiger partial charge in [-0.25, -0.2) is 14.0 Å². The number of amides is 1. The molecule has 0 bridgehead atoms. The van der Waals surface area contributed by atoms with Crippen LogP contribution in [-0.2, 0) is 16.0 Å². The average Bonchev–Trinajstić information content (AvgIpc) is 2.97. The zero-order valence-corrected chi connectivity index (χ0v) is 23.3. The van der Waals surface area contributed by atoms with Gasteiger partial charge < -0.3 is 33.7 Å². The summed E-state index contributed by atoms with van der Waals surface area (Å²) in [6, 6.07) is 19.8. The molecule has 0 spiro atoms. The van der Waals surface area contributed by atoms with Crippen LogP contribution in [0.2, 0.25) is 0 Å². The molecule has 0 saturated carbocycles. The Morgan fingerprint density at radius 2 is 1.49 bits per heavy atom. The molecule has 1 amide bonds. The van der Waals surface area contributed by atoms with E-state index < -0.39 is 18.2 Å². The minimum atomic E-state index is -1.01. The van der Waals surface area contributed by atoms with Crippen molar-refractivity contribution in [2.45, 2.75) is 32.3 Å². The van der Waals surface area contributed by atoms with Crippen molar-refractivity contribution in [1.29, 1.82) is 0 Å². The summed E-state index contributed by atoms with van der Waals surface area (Å²) < 4.78 is 40.7. The van der Waals surface area contributed by atoms with Crippen molar-refractivity contribution in [3.63, 3.8) is 0 Å². The Balaban J connectivity index is 1.54. The Bertz CT molecular complexity index is 1220. The molecule has 3 rings (SSSR count). The number of carbonyl (C=O) groups is 2. The highest BCUT2D eigenvalue weighted by atomic mass is 19.1. The summed E-state index contributed by atoms with van der Waals surface area (Å²) in [7, 11) is 1.50. The smallest absolute Gasteiger partial charge is 0.415 e. The van der Waals surface area contributed by atoms with Crippen LogP contribution in [0, 0.1) is 5.82 Å². The van der Waals surface area contributed by atoms with E-state index in [0.29, 0.717) is 55.6 Å². The lowest BCUT2D eigenvalue weighted by Gasteiger charge is -2.22. The Labute approximate surface area is 239 Å². The molecule has 0 fully saturated rings. The van der Waals surface area contributed by atoms with E-state index in [1.54, 1.807) is 72.5 Å². The van der Waals surface area contributed by atoms with Crippen LogP contribution in [0.3, 0.4) is 0 Å². The van der Waals surface area contributed by atoms with Crippen molar-refractivity contribution in [3.8, 4) is 23.0 Å². The van der Waals surface area contributed by atoms with Crippen molar-refractivity contribution < 1.29 is 42.8 Å². The highest BCUT2D eigenvalue weighted by molar-refractivity contribution is 5.73. The van der Waals surface area contributed by atoms with E-state index in [1.807, 2.05) is 0 Å². The monoisotopic (exact) mass is 569 g/mol. The summed E-state index contributed by atoms with van der Waals surface area (Å²) >= 11 is 0. The molecule has 0 aromatic heterocycles. The minimum Gasteiger partial charge on any atom is -0.494 e. The first kappa shape index (κ1) is 31.2. The molecule has 0 heterocycles. The van der Waals surface area contributed by atoms with Crippen molar-refractivity contribution in [2.24, 2.45) is 0 Å². The zero-order chi connectivity index (χ0) is 29.5. The van der Waals surface area contributed by atoms with Crippen molar-refractivity contribution >= 4 is 12.1 Å². The third-order valence-corrected chi connectivity index (χ3v) is 6.05. The molecule has 0 aliphatic heterocycles. The van der Waals surface area contributed by atoms with Crippen LogP contribution < -0.4 is 18.9 Å². The number of aliphatic carboxylic acids is 1. The first-order valence-electron chi connectivity index (χ1n) is 13.4. The third-order valence-electron chi connectivity index (χ3n) is 6.05. The lowest BCUT2D eigenvalue weighted by molar-refractivity contribution is -0.149. The topological polar surface area (TPSA) is 104 Å². The summed E-state index contributed by atoms with van der Waals surface area (Å²) in [6.07, 6.45) is 0.106. The molecule has 9 nitrogen and oxygen atoms in total. The molecule has 1 atom stereocenters. The first-order valence-corrected chi connectivity index (χ1v) is 13.4. The number of hydrogen-bond acceptors (Lipinski definition) is 7. The number of halogens is 1. The van der Waals surface area contributed by atoms with Crippen LogP contribution in [-0.4, -0.2) is 68.2 Å². The molecule has 1 N–H and O–H groups in total. The number of methoxy groups -OCH3 is 1. The summed E-state index contributed by atoms with van der Waals surface area (Å²) in [6.45, 7) is 3.36. The fourth-order valence-electron chi connectivity index (χ4n) is 3.91. The zero-order valence-electron chi connectivity index (χ0n) is 23.3. The average molecular weight is 570 g/mol. The molecule has 0 radical (unpaired) electrons. The molecule has 0 aliphatic carbocycles. The summed E-state index contributed by atoms with van der Waals surface area (Å²) in [5.74, 6) is 0.590. The van der Waals surface area contributed by atoms with Gasteiger partial charge >= 0.3 is 12.1 Å². The van der Waals surface area contributed by atoms with Gasteiger partial charge in [0, 0.05) is 19.6 Å². The van der Waals surface area contributed by atoms with Gasteiger partial charge in [0.25, 0.3) is 0 Å². The van der Waals surface area contributed by atoms with Gasteiger partial charge in [0.05, 0.1) is 20.3 Å². The Morgan fingerprint density at radius 1 is 0.854 bits per heavy atom. The molecule has 0 aliphatic rings. The molecule has 41 heavy (non-hydrogen) atoms. The number of nitrogens with zero attached hydrogens (tertiary/aromatic N) is 1. The van der Waals surface area contributed by atoms with E-state index in [9.17, 15) is 19.1 Å². The van der Waals surface area contributed by atoms with Gasteiger partial charge in [0.15, 0.2) is 17.6 Å². The molecular weight excluding hydrogens is 533 g/mol. The van der Waals surface area contributed by atoms with Crippen molar-refractivity contribution in [1.82, 2.24) is 4.90 Å². The number of carboxylic acid groups (broad SMARTS) is 1. The second kappa shape index (κ2) is 16.7. The second-order valence-electron chi connectivity index (χ2n) is 8.99. The highest BCUT2D eigenvalue weighted by Crippen LogP contribution is 2.26. The van der Waals surface area contributed by atoms with Crippen LogP contribution in [0.15, 0.2) is 72.8 Å². The van der Waals surface area contributed by atoms with Gasteiger partial charge in [-0.05, 0) is 73.9 Å². The molecule has 220 valence electrons. The molecule has 0 saturated heterocycles. The fraction of sp³-hybridized carbons (Fsp3) is 0.355. The SMILES string of the molecule is CCOC(Cc1ccc(OCCN(CCCCOc2ccc(F)cc2)C(=O)Oc2ccccc2OC)cc1)C(=O)O. The van der Waals surface area contributed by atoms with E-state index in [4.69, 9.17) is 23.7 Å². The number of unbranched alkanes of at least 4 members (excludes halogenated alkanes) is 1. The van der Waals surface area contributed by atoms with E-state index in [2.05, 4.69) is 0 Å². The predicted molar refractivity (Wildman–Crippen MR) is 150 cm³/mol. The molecule has 3 aromatic rings. The number of carboxylic acids is 1. The van der Waals surface area contributed by atoms with Crippen molar-refractivity contribution in [3.05, 3.63) is 84.2 Å². The number of ether oxygens (including phenoxy) is 5. The number of rotatable bonds is 17. The quantitative estimate of drug-likeness (QED) is 0.210. The summed E-state index contributed by atoms with van der Waals surface area (Å²) in [5, 5.41) is 9.29. The van der Waals surface area contributed by atoms with Crippen LogP contribution in [0.5, 0.6) is 23.0 Å². The first-order chi connectivity index (χ1) is 19.9. The van der Waals surface area contributed by atoms with E-state index in [-0.39, 0.29) is 25.4 Å². The predicted octanol–water partition coefficient (Wildman–Crippen LogP) is 5.61. The Morgan fingerprint density at radius 3 is 2.12 bits per heavy atom. The number of carbonyl (C=O) groups excluding carboxylic acids is 1. The standard InChI is InChI=1S/C31H36FNO8/c1-3-38-29(30(34)35)22-23-10-14-25(15-11-23)40-21-19-33(31(36)41-28-9-5-4-8-27(28)37-2)18-6-7-20-39-26-16-12-24(32)13-17-26/h4-5,8-17,29H,3,6-7,18-22H2,1-2H3,(H,34,35). The summed E-state index contributed by atoms with van der Waals surface area (Å²) in [4.78, 5) is 26.0. The molecular formula is C31H36FNO8. The third kappa shape index (κ3) is 10.6. The van der Waals surface area contributed by atoms with Gasteiger partial charge in [0.1, 0.15) is 23.9 Å². The second-order valence-corrected chi connectivity index (χ2v) is 8.99. The maximum absolute atomic E-state index is 13.1. The molecule has 10 heteroatoms. The summed E-state index contributed by atoms with van der Waals surface area (Å²) in [5.41, 5.74) is 0.808. The van der Waals surface area contributed by atoms with Gasteiger partial charge in [-0.15, -0.1) is 0 Å². The normalized spacial score (nSPS) is 11.4. The highest BCUT2D eigenvalue weighted by Gasteiger charge is 2.19. The van der Waals surface area contributed by atoms with E-state index in [1.165, 1.54) is 19.2 Å². The molecule has 3 aromatic carbocycles. The lowest BCUT2D eigenvalue weighted by atomic mass is 10.1. The minimum absolute atomic E-state index is 0.211. The van der Waals surface area contributed by atoms with Crippen LogP contribution in [0.4, 0.5) is 9.18 Å². The van der Waals surface area contributed by atoms with Crippen molar-refractivity contribution in [2.75, 3.05) is 40.0 Å². The van der Waals surface area contributed by atoms with Gasteiger partial charge in [-0.1, -0.05) is 24.3 Å². The maximum Gasteiger partial charge on any atom is 0.415 e. The Kier molecular flexibility index (Phi) is 12.7. The van der Waals surface area contributed by atoms with Crippen LogP contribution >= 0.6 is 0 Å².